The molecule has 4 amide bonds. The molecule has 5 N–H and O–H groups in total. The molecule has 1 aliphatic rings. The van der Waals surface area contributed by atoms with Gasteiger partial charge in [-0.1, -0.05) is 57.2 Å². The van der Waals surface area contributed by atoms with Crippen LogP contribution in [0.25, 0.3) is 27.2 Å². The Balaban J connectivity index is 0.886. The Kier molecular flexibility index (Phi) is 12.7. The van der Waals surface area contributed by atoms with Gasteiger partial charge in [-0.05, 0) is 59.7 Å². The van der Waals surface area contributed by atoms with Crippen LogP contribution in [0, 0.1) is 12.3 Å². The number of furan rings is 1. The number of anilines is 1. The Morgan fingerprint density at radius 2 is 1.75 bits per heavy atom. The zero-order valence-electron chi connectivity index (χ0n) is 33.8. The molecule has 5 heterocycles. The van der Waals surface area contributed by atoms with Crippen molar-refractivity contribution >= 4 is 46.6 Å². The number of carbonyl (C=O) groups is 4. The van der Waals surface area contributed by atoms with Crippen LogP contribution in [0.1, 0.15) is 67.4 Å². The maximum Gasteiger partial charge on any atom is 0.251 e. The lowest BCUT2D eigenvalue weighted by Crippen LogP contribution is -2.57. The number of β-amino-alcohol motifs (C(OH)–C–C–N with tert-alkyl or cyclic N) is 1. The van der Waals surface area contributed by atoms with E-state index >= 15 is 0 Å². The third-order valence-corrected chi connectivity index (χ3v) is 11.3. The van der Waals surface area contributed by atoms with E-state index in [9.17, 15) is 24.3 Å². The maximum atomic E-state index is 14.0. The average molecular weight is 833 g/mol. The van der Waals surface area contributed by atoms with E-state index in [1.54, 1.807) is 46.7 Å². The third-order valence-electron chi connectivity index (χ3n) is 10.4. The molecule has 1 fully saturated rings. The van der Waals surface area contributed by atoms with Crippen molar-refractivity contribution < 1.29 is 28.7 Å². The summed E-state index contributed by atoms with van der Waals surface area (Å²) in [4.78, 5) is 65.0. The van der Waals surface area contributed by atoms with Gasteiger partial charge in [0, 0.05) is 49.8 Å². The fourth-order valence-corrected chi connectivity index (χ4v) is 7.91. The van der Waals surface area contributed by atoms with E-state index in [2.05, 4.69) is 41.4 Å². The number of aromatic nitrogens is 5. The van der Waals surface area contributed by atoms with Gasteiger partial charge in [0.2, 0.25) is 23.7 Å². The van der Waals surface area contributed by atoms with Crippen molar-refractivity contribution in [1.29, 1.82) is 0 Å². The summed E-state index contributed by atoms with van der Waals surface area (Å²) in [7, 11) is 0. The minimum Gasteiger partial charge on any atom is -0.467 e. The molecule has 60 heavy (non-hydrogen) atoms. The number of nitrogens with one attached hydrogen (secondary N) is 4. The first-order valence-electron chi connectivity index (χ1n) is 19.7. The summed E-state index contributed by atoms with van der Waals surface area (Å²) in [6.07, 6.45) is 4.48. The lowest BCUT2D eigenvalue weighted by atomic mass is 9.85. The molecule has 1 saturated heterocycles. The summed E-state index contributed by atoms with van der Waals surface area (Å²) in [6, 6.07) is 16.7. The molecule has 0 bridgehead atoms. The number of thiazole rings is 1. The van der Waals surface area contributed by atoms with Crippen LogP contribution < -0.4 is 21.3 Å². The van der Waals surface area contributed by atoms with Crippen molar-refractivity contribution in [3.63, 3.8) is 0 Å². The topological polar surface area (TPSA) is 209 Å². The van der Waals surface area contributed by atoms with Crippen LogP contribution in [0.3, 0.4) is 0 Å². The molecule has 1 aliphatic heterocycles. The quantitative estimate of drug-likeness (QED) is 0.0893. The second kappa shape index (κ2) is 18.2. The Labute approximate surface area is 350 Å². The molecular formula is C43H48N10O6S. The SMILES string of the molecule is Cc1ncsc1-c1ccc(CNC(=O)[C@H]2C[C@@H](O)CN2C(=O)[C@@H](NC(=O)CCCNC(=O)c2ccc(-c3cnc(NCc4ccco4)n4cnnc34)cc2)C(C)(C)C)cc1. The van der Waals surface area contributed by atoms with Crippen molar-refractivity contribution in [2.24, 2.45) is 5.41 Å². The zero-order chi connectivity index (χ0) is 42.4. The summed E-state index contributed by atoms with van der Waals surface area (Å²) in [5, 5.41) is 30.8. The smallest absolute Gasteiger partial charge is 0.251 e. The van der Waals surface area contributed by atoms with Crippen LogP contribution in [0.2, 0.25) is 0 Å². The van der Waals surface area contributed by atoms with Crippen LogP contribution in [0.4, 0.5) is 5.95 Å². The van der Waals surface area contributed by atoms with E-state index < -0.39 is 29.5 Å². The predicted molar refractivity (Wildman–Crippen MR) is 225 cm³/mol. The molecule has 312 valence electrons. The van der Waals surface area contributed by atoms with Gasteiger partial charge < -0.3 is 35.7 Å². The minimum absolute atomic E-state index is 0.0199. The first-order chi connectivity index (χ1) is 28.9. The van der Waals surface area contributed by atoms with E-state index in [0.717, 1.165) is 38.6 Å². The normalized spacial score (nSPS) is 15.8. The number of nitrogens with zero attached hydrogens (tertiary/aromatic N) is 6. The highest BCUT2D eigenvalue weighted by Crippen LogP contribution is 2.29. The highest BCUT2D eigenvalue weighted by Gasteiger charge is 2.44. The van der Waals surface area contributed by atoms with Gasteiger partial charge in [-0.3, -0.25) is 23.6 Å². The molecule has 7 rings (SSSR count). The number of likely N-dealkylation sites (tertiary alicyclic amines) is 1. The lowest BCUT2D eigenvalue weighted by molar-refractivity contribution is -0.144. The molecule has 0 aliphatic carbocycles. The molecule has 6 aromatic rings. The van der Waals surface area contributed by atoms with E-state index in [1.165, 1.54) is 4.90 Å². The number of amides is 4. The van der Waals surface area contributed by atoms with Gasteiger partial charge in [0.1, 0.15) is 24.2 Å². The summed E-state index contributed by atoms with van der Waals surface area (Å²) < 4.78 is 7.13. The predicted octanol–water partition coefficient (Wildman–Crippen LogP) is 4.75. The molecular weight excluding hydrogens is 785 g/mol. The number of hydrogen-bond acceptors (Lipinski definition) is 12. The van der Waals surface area contributed by atoms with Gasteiger partial charge in [-0.25, -0.2) is 9.97 Å². The summed E-state index contributed by atoms with van der Waals surface area (Å²) in [5.41, 5.74) is 6.58. The second-order valence-corrected chi connectivity index (χ2v) is 16.7. The fourth-order valence-electron chi connectivity index (χ4n) is 7.10. The Morgan fingerprint density at radius 3 is 2.45 bits per heavy atom. The van der Waals surface area contributed by atoms with Gasteiger partial charge in [0.15, 0.2) is 5.65 Å². The molecule has 0 radical (unpaired) electrons. The second-order valence-electron chi connectivity index (χ2n) is 15.8. The third kappa shape index (κ3) is 9.69. The molecule has 0 spiro atoms. The summed E-state index contributed by atoms with van der Waals surface area (Å²) in [6.45, 7) is 8.37. The first kappa shape index (κ1) is 41.7. The van der Waals surface area contributed by atoms with Crippen LogP contribution in [-0.2, 0) is 27.5 Å². The number of hydrogen-bond donors (Lipinski definition) is 5. The standard InChI is InChI=1S/C43H48N10O6S/c1-26-36(60-25-48-26)29-11-9-27(10-12-29)20-45-40(57)34-19-31(54)23-52(34)41(58)37(43(2,3)4)50-35(55)8-5-17-44-39(56)30-15-13-28(14-16-30)33-22-47-42(53-24-49-51-38(33)53)46-21-32-7-6-18-59-32/h6-7,9-16,18,22,24-25,31,34,37,54H,5,8,17,19-21,23H2,1-4H3,(H,44,56)(H,45,57)(H,46,47)(H,50,55)/t31-,34-,37-/m1/s1. The van der Waals surface area contributed by atoms with E-state index in [-0.39, 0.29) is 50.2 Å². The van der Waals surface area contributed by atoms with Crippen molar-refractivity contribution in [2.75, 3.05) is 18.4 Å². The summed E-state index contributed by atoms with van der Waals surface area (Å²) in [5.74, 6) is -0.164. The molecule has 2 aromatic carbocycles. The van der Waals surface area contributed by atoms with Gasteiger partial charge in [0.05, 0.1) is 35.0 Å². The highest BCUT2D eigenvalue weighted by molar-refractivity contribution is 7.13. The van der Waals surface area contributed by atoms with Gasteiger partial charge in [-0.15, -0.1) is 21.5 Å². The van der Waals surface area contributed by atoms with Crippen LogP contribution >= 0.6 is 11.3 Å². The molecule has 17 heteroatoms. The Hall–Kier alpha value is -6.46. The number of fused-ring (bicyclic) bond motifs is 1. The number of benzene rings is 2. The average Bonchev–Trinajstić information content (AvgIpc) is 4.08. The zero-order valence-corrected chi connectivity index (χ0v) is 34.7. The maximum absolute atomic E-state index is 14.0. The monoisotopic (exact) mass is 832 g/mol. The van der Waals surface area contributed by atoms with Crippen molar-refractivity contribution in [3.05, 3.63) is 108 Å². The fraction of sp³-hybridized carbons (Fsp3) is 0.349. The lowest BCUT2D eigenvalue weighted by Gasteiger charge is -2.35. The number of aryl methyl sites for hydroxylation is 1. The number of aliphatic hydroxyl groups is 1. The van der Waals surface area contributed by atoms with Crippen LogP contribution in [0.5, 0.6) is 0 Å². The van der Waals surface area contributed by atoms with Gasteiger partial charge >= 0.3 is 0 Å². The number of aliphatic hydroxyl groups excluding tert-OH is 1. The van der Waals surface area contributed by atoms with Gasteiger partial charge in [-0.2, -0.15) is 0 Å². The van der Waals surface area contributed by atoms with E-state index in [4.69, 9.17) is 4.42 Å². The van der Waals surface area contributed by atoms with Crippen molar-refractivity contribution in [2.45, 2.75) is 78.2 Å². The number of carbonyl (C=O) groups excluding carboxylic acids is 4. The van der Waals surface area contributed by atoms with E-state index in [0.29, 0.717) is 30.1 Å². The Bertz CT molecular complexity index is 2440. The van der Waals surface area contributed by atoms with Gasteiger partial charge in [0.25, 0.3) is 5.91 Å². The summed E-state index contributed by atoms with van der Waals surface area (Å²) >= 11 is 1.57. The number of rotatable bonds is 15. The highest BCUT2D eigenvalue weighted by atomic mass is 32.1. The molecule has 16 nitrogen and oxygen atoms in total. The molecule has 4 aromatic heterocycles. The van der Waals surface area contributed by atoms with Crippen molar-refractivity contribution in [1.82, 2.24) is 45.4 Å². The van der Waals surface area contributed by atoms with Crippen LogP contribution in [0.15, 0.2) is 89.4 Å². The molecule has 3 atom stereocenters. The minimum atomic E-state index is -0.954. The molecule has 0 saturated carbocycles. The Morgan fingerprint density at radius 1 is 0.983 bits per heavy atom. The first-order valence-corrected chi connectivity index (χ1v) is 20.6. The largest absolute Gasteiger partial charge is 0.467 e. The van der Waals surface area contributed by atoms with Crippen molar-refractivity contribution in [3.8, 4) is 21.6 Å². The van der Waals surface area contributed by atoms with E-state index in [1.807, 2.05) is 81.7 Å². The molecule has 0 unspecified atom stereocenters. The van der Waals surface area contributed by atoms with Crippen LogP contribution in [-0.4, -0.2) is 89.5 Å².